The molecule has 0 aliphatic rings. The van der Waals surface area contributed by atoms with E-state index >= 15 is 0 Å². The van der Waals surface area contributed by atoms with Crippen LogP contribution in [0.15, 0.2) is 65.8 Å². The van der Waals surface area contributed by atoms with Gasteiger partial charge in [-0.15, -0.1) is 11.3 Å². The minimum Gasteiger partial charge on any atom is -0.497 e. The van der Waals surface area contributed by atoms with Crippen LogP contribution in [0.5, 0.6) is 5.75 Å². The van der Waals surface area contributed by atoms with Crippen molar-refractivity contribution in [1.82, 2.24) is 5.43 Å². The predicted octanol–water partition coefficient (Wildman–Crippen LogP) is 4.47. The topological polar surface area (TPSA) is 79.8 Å². The fourth-order valence-electron chi connectivity index (χ4n) is 2.58. The van der Waals surface area contributed by atoms with Crippen LogP contribution in [0, 0.1) is 6.92 Å². The Morgan fingerprint density at radius 3 is 2.38 bits per heavy atom. The molecule has 0 atom stereocenters. The number of ether oxygens (including phenoxy) is 1. The predicted molar refractivity (Wildman–Crippen MR) is 116 cm³/mol. The molecular formula is C22H21N3O3S. The third-order valence-electron chi connectivity index (χ3n) is 4.18. The van der Waals surface area contributed by atoms with Crippen molar-refractivity contribution in [3.8, 4) is 5.75 Å². The van der Waals surface area contributed by atoms with E-state index in [1.165, 1.54) is 11.3 Å². The van der Waals surface area contributed by atoms with Gasteiger partial charge >= 0.3 is 0 Å². The van der Waals surface area contributed by atoms with E-state index < -0.39 is 0 Å². The highest BCUT2D eigenvalue weighted by atomic mass is 32.1. The Balaban J connectivity index is 1.67. The van der Waals surface area contributed by atoms with Crippen LogP contribution in [-0.2, 0) is 0 Å². The SMILES string of the molecule is COc1ccc(C(=O)Nc2cccc(/C(C)=N\NC(=O)c3ccc(C)s3)c2)cc1. The molecule has 0 radical (unpaired) electrons. The molecule has 1 aromatic heterocycles. The Labute approximate surface area is 173 Å². The van der Waals surface area contributed by atoms with Crippen LogP contribution in [0.3, 0.4) is 0 Å². The van der Waals surface area contributed by atoms with E-state index in [9.17, 15) is 9.59 Å². The van der Waals surface area contributed by atoms with Crippen molar-refractivity contribution in [1.29, 1.82) is 0 Å². The zero-order valence-electron chi connectivity index (χ0n) is 16.4. The highest BCUT2D eigenvalue weighted by molar-refractivity contribution is 7.13. The van der Waals surface area contributed by atoms with Crippen LogP contribution in [-0.4, -0.2) is 24.6 Å². The third-order valence-corrected chi connectivity index (χ3v) is 5.18. The molecule has 7 heteroatoms. The van der Waals surface area contributed by atoms with Crippen LogP contribution in [0.1, 0.15) is 37.4 Å². The molecular weight excluding hydrogens is 386 g/mol. The number of aryl methyl sites for hydroxylation is 1. The summed E-state index contributed by atoms with van der Waals surface area (Å²) < 4.78 is 5.10. The number of methoxy groups -OCH3 is 1. The Kier molecular flexibility index (Phi) is 6.41. The number of anilines is 1. The second kappa shape index (κ2) is 9.16. The zero-order valence-corrected chi connectivity index (χ0v) is 17.2. The van der Waals surface area contributed by atoms with Crippen molar-refractivity contribution in [2.45, 2.75) is 13.8 Å². The molecule has 148 valence electrons. The first-order valence-electron chi connectivity index (χ1n) is 8.93. The highest BCUT2D eigenvalue weighted by Gasteiger charge is 2.09. The molecule has 0 saturated heterocycles. The molecule has 2 amide bonds. The first-order chi connectivity index (χ1) is 14.0. The molecule has 2 N–H and O–H groups in total. The maximum atomic E-state index is 12.4. The van der Waals surface area contributed by atoms with Gasteiger partial charge < -0.3 is 10.1 Å². The molecule has 3 aromatic rings. The lowest BCUT2D eigenvalue weighted by molar-refractivity contribution is 0.0958. The fraction of sp³-hybridized carbons (Fsp3) is 0.136. The molecule has 0 fully saturated rings. The summed E-state index contributed by atoms with van der Waals surface area (Å²) in [5.74, 6) is 0.224. The lowest BCUT2D eigenvalue weighted by atomic mass is 10.1. The van der Waals surface area contributed by atoms with Crippen LogP contribution in [0.25, 0.3) is 0 Å². The maximum Gasteiger partial charge on any atom is 0.281 e. The number of rotatable bonds is 6. The summed E-state index contributed by atoms with van der Waals surface area (Å²) in [7, 11) is 1.58. The van der Waals surface area contributed by atoms with E-state index in [0.29, 0.717) is 27.6 Å². The average molecular weight is 407 g/mol. The molecule has 29 heavy (non-hydrogen) atoms. The molecule has 0 spiro atoms. The third kappa shape index (κ3) is 5.30. The van der Waals surface area contributed by atoms with E-state index in [4.69, 9.17) is 4.74 Å². The second-order valence-electron chi connectivity index (χ2n) is 6.31. The maximum absolute atomic E-state index is 12.4. The summed E-state index contributed by atoms with van der Waals surface area (Å²) >= 11 is 1.42. The first kappa shape index (κ1) is 20.3. The normalized spacial score (nSPS) is 11.1. The molecule has 2 aromatic carbocycles. The number of hydrogen-bond acceptors (Lipinski definition) is 5. The molecule has 0 unspecified atom stereocenters. The number of hydrazone groups is 1. The standard InChI is InChI=1S/C22H21N3O3S/c1-14-7-12-20(29-14)22(27)25-24-15(2)17-5-4-6-18(13-17)23-21(26)16-8-10-19(28-3)11-9-16/h4-13H,1-3H3,(H,23,26)(H,25,27)/b24-15-. The van der Waals surface area contributed by atoms with Crippen molar-refractivity contribution in [3.63, 3.8) is 0 Å². The number of thiophene rings is 1. The smallest absolute Gasteiger partial charge is 0.281 e. The van der Waals surface area contributed by atoms with Gasteiger partial charge in [0.05, 0.1) is 17.7 Å². The van der Waals surface area contributed by atoms with Gasteiger partial charge in [-0.05, 0) is 67.9 Å². The summed E-state index contributed by atoms with van der Waals surface area (Å²) in [5.41, 5.74) is 5.16. The summed E-state index contributed by atoms with van der Waals surface area (Å²) in [6.07, 6.45) is 0. The van der Waals surface area contributed by atoms with E-state index in [0.717, 1.165) is 10.4 Å². The van der Waals surface area contributed by atoms with Gasteiger partial charge in [0.2, 0.25) is 0 Å². The number of carbonyl (C=O) groups excluding carboxylic acids is 2. The van der Waals surface area contributed by atoms with Gasteiger partial charge in [0.1, 0.15) is 5.75 Å². The number of nitrogens with zero attached hydrogens (tertiary/aromatic N) is 1. The molecule has 0 bridgehead atoms. The van der Waals surface area contributed by atoms with Crippen molar-refractivity contribution < 1.29 is 14.3 Å². The summed E-state index contributed by atoms with van der Waals surface area (Å²) in [4.78, 5) is 26.2. The van der Waals surface area contributed by atoms with Gasteiger partial charge in [-0.2, -0.15) is 5.10 Å². The van der Waals surface area contributed by atoms with Crippen molar-refractivity contribution in [2.75, 3.05) is 12.4 Å². The molecule has 0 aliphatic heterocycles. The fourth-order valence-corrected chi connectivity index (χ4v) is 3.34. The monoisotopic (exact) mass is 407 g/mol. The average Bonchev–Trinajstić information content (AvgIpc) is 3.18. The number of amides is 2. The van der Waals surface area contributed by atoms with Gasteiger partial charge in [0, 0.05) is 16.1 Å². The largest absolute Gasteiger partial charge is 0.497 e. The van der Waals surface area contributed by atoms with Crippen molar-refractivity contribution in [3.05, 3.63) is 81.5 Å². The van der Waals surface area contributed by atoms with Gasteiger partial charge in [-0.25, -0.2) is 5.43 Å². The molecule has 6 nitrogen and oxygen atoms in total. The number of carbonyl (C=O) groups is 2. The van der Waals surface area contributed by atoms with E-state index in [1.54, 1.807) is 50.4 Å². The Hall–Kier alpha value is -3.45. The quantitative estimate of drug-likeness (QED) is 0.467. The van der Waals surface area contributed by atoms with Crippen LogP contribution in [0.4, 0.5) is 5.69 Å². The highest BCUT2D eigenvalue weighted by Crippen LogP contribution is 2.16. The molecule has 0 aliphatic carbocycles. The Bertz CT molecular complexity index is 1060. The van der Waals surface area contributed by atoms with Crippen LogP contribution < -0.4 is 15.5 Å². The molecule has 0 saturated carbocycles. The zero-order chi connectivity index (χ0) is 20.8. The van der Waals surface area contributed by atoms with E-state index in [-0.39, 0.29) is 11.8 Å². The van der Waals surface area contributed by atoms with Gasteiger partial charge in [0.25, 0.3) is 11.8 Å². The van der Waals surface area contributed by atoms with E-state index in [1.807, 2.05) is 31.2 Å². The minimum absolute atomic E-state index is 0.222. The lowest BCUT2D eigenvalue weighted by Crippen LogP contribution is -2.18. The van der Waals surface area contributed by atoms with E-state index in [2.05, 4.69) is 15.8 Å². The number of benzene rings is 2. The van der Waals surface area contributed by atoms with Gasteiger partial charge in [-0.3, -0.25) is 9.59 Å². The van der Waals surface area contributed by atoms with Crippen molar-refractivity contribution in [2.24, 2.45) is 5.10 Å². The first-order valence-corrected chi connectivity index (χ1v) is 9.75. The number of hydrogen-bond donors (Lipinski definition) is 2. The summed E-state index contributed by atoms with van der Waals surface area (Å²) in [6, 6.07) is 17.8. The van der Waals surface area contributed by atoms with Crippen molar-refractivity contribution >= 4 is 34.6 Å². The summed E-state index contributed by atoms with van der Waals surface area (Å²) in [5, 5.41) is 7.04. The molecule has 1 heterocycles. The van der Waals surface area contributed by atoms with Crippen LogP contribution >= 0.6 is 11.3 Å². The second-order valence-corrected chi connectivity index (χ2v) is 7.60. The van der Waals surface area contributed by atoms with Crippen LogP contribution in [0.2, 0.25) is 0 Å². The number of nitrogens with one attached hydrogen (secondary N) is 2. The summed E-state index contributed by atoms with van der Waals surface area (Å²) in [6.45, 7) is 3.74. The Morgan fingerprint density at radius 2 is 1.72 bits per heavy atom. The minimum atomic E-state index is -0.244. The van der Waals surface area contributed by atoms with Gasteiger partial charge in [-0.1, -0.05) is 12.1 Å². The van der Waals surface area contributed by atoms with Gasteiger partial charge in [0.15, 0.2) is 0 Å². The Morgan fingerprint density at radius 1 is 0.966 bits per heavy atom. The lowest BCUT2D eigenvalue weighted by Gasteiger charge is -2.08. The molecule has 3 rings (SSSR count).